The molecule has 0 bridgehead atoms. The van der Waals surface area contributed by atoms with Crippen LogP contribution in [0.1, 0.15) is 4.88 Å². The summed E-state index contributed by atoms with van der Waals surface area (Å²) in [6, 6.07) is 32.3. The number of thiazole rings is 1. The molecule has 0 fully saturated rings. The van der Waals surface area contributed by atoms with Crippen LogP contribution in [-0.2, 0) is 0 Å². The van der Waals surface area contributed by atoms with Gasteiger partial charge in [-0.15, -0.1) is 0 Å². The highest BCUT2D eigenvalue weighted by Gasteiger charge is 2.48. The fourth-order valence-corrected chi connectivity index (χ4v) is 8.74. The van der Waals surface area contributed by atoms with E-state index < -0.39 is 7.26 Å². The first-order valence-electron chi connectivity index (χ1n) is 9.69. The fraction of sp³-hybridized carbons (Fsp3) is 0.0385. The Morgan fingerprint density at radius 2 is 1.30 bits per heavy atom. The van der Waals surface area contributed by atoms with E-state index in [-0.39, 0.29) is 0 Å². The number of nitrogens with zero attached hydrogens (tertiary/aromatic N) is 1. The summed E-state index contributed by atoms with van der Waals surface area (Å²) in [5, 5.41) is 5.74. The molecule has 0 aliphatic heterocycles. The first-order chi connectivity index (χ1) is 14.8. The second-order valence-electron chi connectivity index (χ2n) is 6.68. The number of methoxy groups -OCH3 is 1. The van der Waals surface area contributed by atoms with Crippen LogP contribution in [0.4, 0.5) is 0 Å². The summed E-state index contributed by atoms with van der Waals surface area (Å²) in [4.78, 5) is 5.40. The van der Waals surface area contributed by atoms with Crippen LogP contribution >= 0.6 is 18.6 Å². The maximum Gasteiger partial charge on any atom is 0.273 e. The van der Waals surface area contributed by atoms with E-state index in [2.05, 4.69) is 109 Å². The lowest BCUT2D eigenvalue weighted by Gasteiger charge is -2.28. The Bertz CT molecular complexity index is 1040. The molecule has 148 valence electrons. The quantitative estimate of drug-likeness (QED) is 0.279. The molecule has 1 heterocycles. The minimum atomic E-state index is -2.15. The van der Waals surface area contributed by atoms with E-state index in [1.165, 1.54) is 32.6 Å². The zero-order valence-electron chi connectivity index (χ0n) is 16.8. The summed E-state index contributed by atoms with van der Waals surface area (Å²) in [5.41, 5.74) is 0. The standard InChI is InChI=1S/C26H23NOPS/c1-3-21(19-25-20-27-26(28-2)30-25)29(22-13-7-4-8-14-22,23-15-9-5-10-16-23)24-17-11-6-12-18-24/h3-20H,1H2,2H3/q+1/b21-19+. The van der Waals surface area contributed by atoms with E-state index in [0.717, 1.165) is 4.88 Å². The van der Waals surface area contributed by atoms with Crippen molar-refractivity contribution in [2.24, 2.45) is 0 Å². The van der Waals surface area contributed by atoms with E-state index in [0.29, 0.717) is 5.19 Å². The van der Waals surface area contributed by atoms with Gasteiger partial charge < -0.3 is 4.74 Å². The molecule has 0 unspecified atom stereocenters. The van der Waals surface area contributed by atoms with Gasteiger partial charge in [0.1, 0.15) is 28.5 Å². The topological polar surface area (TPSA) is 22.1 Å². The third-order valence-corrected chi connectivity index (χ3v) is 10.2. The summed E-state index contributed by atoms with van der Waals surface area (Å²) in [7, 11) is -0.498. The van der Waals surface area contributed by atoms with E-state index in [1.54, 1.807) is 7.11 Å². The summed E-state index contributed by atoms with van der Waals surface area (Å²) >= 11 is 1.54. The smallest absolute Gasteiger partial charge is 0.273 e. The van der Waals surface area contributed by atoms with Gasteiger partial charge in [-0.1, -0.05) is 72.5 Å². The maximum atomic E-state index is 5.31. The molecule has 1 aromatic heterocycles. The van der Waals surface area contributed by atoms with Crippen molar-refractivity contribution >= 4 is 40.6 Å². The number of ether oxygens (including phenoxy) is 1. The summed E-state index contributed by atoms with van der Waals surface area (Å²) in [6.45, 7) is 4.24. The number of hydrogen-bond donors (Lipinski definition) is 0. The van der Waals surface area contributed by atoms with Crippen LogP contribution in [-0.4, -0.2) is 12.1 Å². The second kappa shape index (κ2) is 9.21. The molecule has 0 aliphatic rings. The van der Waals surface area contributed by atoms with Gasteiger partial charge in [0.2, 0.25) is 0 Å². The van der Waals surface area contributed by atoms with Crippen LogP contribution in [0, 0.1) is 0 Å². The Kier molecular flexibility index (Phi) is 6.23. The molecular weight excluding hydrogens is 405 g/mol. The Balaban J connectivity index is 2.07. The fourth-order valence-electron chi connectivity index (χ4n) is 3.72. The van der Waals surface area contributed by atoms with Gasteiger partial charge in [0.05, 0.1) is 12.0 Å². The highest BCUT2D eigenvalue weighted by Crippen LogP contribution is 2.63. The Morgan fingerprint density at radius 3 is 1.67 bits per heavy atom. The number of allylic oxidation sites excluding steroid dienone is 2. The van der Waals surface area contributed by atoms with Gasteiger partial charge in [-0.05, 0) is 42.5 Å². The van der Waals surface area contributed by atoms with E-state index >= 15 is 0 Å². The Morgan fingerprint density at radius 1 is 0.833 bits per heavy atom. The lowest BCUT2D eigenvalue weighted by atomic mass is 10.3. The largest absolute Gasteiger partial charge is 0.473 e. The van der Waals surface area contributed by atoms with Crippen LogP contribution < -0.4 is 20.7 Å². The van der Waals surface area contributed by atoms with Crippen LogP contribution in [0.2, 0.25) is 0 Å². The average molecular weight is 429 g/mol. The van der Waals surface area contributed by atoms with Crippen molar-refractivity contribution in [2.75, 3.05) is 7.11 Å². The van der Waals surface area contributed by atoms with Crippen LogP contribution in [0.3, 0.4) is 0 Å². The van der Waals surface area contributed by atoms with Crippen molar-refractivity contribution in [3.8, 4) is 5.19 Å². The zero-order valence-corrected chi connectivity index (χ0v) is 18.5. The van der Waals surface area contributed by atoms with E-state index in [1.807, 2.05) is 12.3 Å². The van der Waals surface area contributed by atoms with Gasteiger partial charge in [0.15, 0.2) is 0 Å². The molecule has 4 heteroatoms. The molecular formula is C26H23NOPS+. The van der Waals surface area contributed by atoms with Crippen molar-refractivity contribution in [3.05, 3.63) is 120 Å². The first kappa shape index (κ1) is 20.3. The zero-order chi connectivity index (χ0) is 20.8. The molecule has 0 radical (unpaired) electrons. The monoisotopic (exact) mass is 428 g/mol. The molecule has 4 aromatic rings. The van der Waals surface area contributed by atoms with Gasteiger partial charge in [0, 0.05) is 12.3 Å². The van der Waals surface area contributed by atoms with E-state index in [4.69, 9.17) is 4.74 Å². The minimum Gasteiger partial charge on any atom is -0.473 e. The van der Waals surface area contributed by atoms with E-state index in [9.17, 15) is 0 Å². The summed E-state index contributed by atoms with van der Waals surface area (Å²) < 4.78 is 5.31. The van der Waals surface area contributed by atoms with Crippen molar-refractivity contribution in [3.63, 3.8) is 0 Å². The summed E-state index contributed by atoms with van der Waals surface area (Å²) in [5.74, 6) is 0. The highest BCUT2D eigenvalue weighted by atomic mass is 32.1. The predicted octanol–water partition coefficient (Wildman–Crippen LogP) is 5.67. The van der Waals surface area contributed by atoms with Crippen molar-refractivity contribution in [1.29, 1.82) is 0 Å². The molecule has 0 aliphatic carbocycles. The molecule has 0 N–H and O–H groups in total. The summed E-state index contributed by atoms with van der Waals surface area (Å²) in [6.07, 6.45) is 6.09. The van der Waals surface area contributed by atoms with Gasteiger partial charge >= 0.3 is 0 Å². The third-order valence-electron chi connectivity index (χ3n) is 4.99. The molecule has 0 atom stereocenters. The van der Waals surface area contributed by atoms with Crippen molar-refractivity contribution < 1.29 is 4.74 Å². The lowest BCUT2D eigenvalue weighted by Crippen LogP contribution is -2.31. The van der Waals surface area contributed by atoms with Crippen LogP contribution in [0.15, 0.2) is 115 Å². The molecule has 0 saturated carbocycles. The van der Waals surface area contributed by atoms with Gasteiger partial charge in [-0.25, -0.2) is 4.98 Å². The molecule has 30 heavy (non-hydrogen) atoms. The predicted molar refractivity (Wildman–Crippen MR) is 132 cm³/mol. The number of aromatic nitrogens is 1. The molecule has 0 amide bonds. The van der Waals surface area contributed by atoms with Gasteiger partial charge in [-0.3, -0.25) is 0 Å². The number of hydrogen-bond acceptors (Lipinski definition) is 3. The normalized spacial score (nSPS) is 11.8. The lowest BCUT2D eigenvalue weighted by molar-refractivity contribution is 0.412. The van der Waals surface area contributed by atoms with Crippen LogP contribution in [0.5, 0.6) is 5.19 Å². The third kappa shape index (κ3) is 3.75. The maximum absolute atomic E-state index is 5.31. The Hall–Kier alpha value is -3.00. The molecule has 3 aromatic carbocycles. The Labute approximate surface area is 182 Å². The first-order valence-corrected chi connectivity index (χ1v) is 12.3. The van der Waals surface area contributed by atoms with Crippen molar-refractivity contribution in [2.45, 2.75) is 0 Å². The SMILES string of the molecule is C=C/C(=C\c1cnc(OC)s1)[P+](c1ccccc1)(c1ccccc1)c1ccccc1. The van der Waals surface area contributed by atoms with Crippen molar-refractivity contribution in [1.82, 2.24) is 4.98 Å². The number of benzene rings is 3. The van der Waals surface area contributed by atoms with Gasteiger partial charge in [0.25, 0.3) is 5.19 Å². The average Bonchev–Trinajstić information content (AvgIpc) is 3.29. The number of rotatable bonds is 7. The minimum absolute atomic E-state index is 0.660. The molecule has 4 rings (SSSR count). The molecule has 0 saturated heterocycles. The van der Waals surface area contributed by atoms with Crippen LogP contribution in [0.25, 0.3) is 6.08 Å². The molecule has 0 spiro atoms. The second-order valence-corrected chi connectivity index (χ2v) is 11.1. The van der Waals surface area contributed by atoms with Gasteiger partial charge in [-0.2, -0.15) is 0 Å². The highest BCUT2D eigenvalue weighted by molar-refractivity contribution is 7.99. The molecule has 2 nitrogen and oxygen atoms in total.